The lowest BCUT2D eigenvalue weighted by Gasteiger charge is -2.11. The average Bonchev–Trinajstić information content (AvgIpc) is 3.00. The molecule has 8 aromatic carbocycles. The number of rotatable bonds is 5. The van der Waals surface area contributed by atoms with Crippen LogP contribution in [-0.2, 0) is 0 Å². The summed E-state index contributed by atoms with van der Waals surface area (Å²) in [5, 5.41) is 15.9. The van der Waals surface area contributed by atoms with E-state index in [-0.39, 0.29) is 0 Å². The van der Waals surface area contributed by atoms with Crippen LogP contribution in [0.2, 0.25) is 0 Å². The molecular formula is C40H26. The topological polar surface area (TPSA) is 0 Å². The van der Waals surface area contributed by atoms with Crippen molar-refractivity contribution < 1.29 is 0 Å². The molecule has 0 saturated heterocycles. The zero-order chi connectivity index (χ0) is 26.5. The molecule has 0 aliphatic carbocycles. The molecule has 0 saturated carbocycles. The van der Waals surface area contributed by atoms with Gasteiger partial charge in [0.1, 0.15) is 0 Å². The summed E-state index contributed by atoms with van der Waals surface area (Å²) in [6.07, 6.45) is 16.9. The van der Waals surface area contributed by atoms with E-state index in [0.717, 1.165) is 0 Å². The van der Waals surface area contributed by atoms with Crippen molar-refractivity contribution in [2.24, 2.45) is 0 Å². The maximum atomic E-state index is 2.28. The second-order valence-electron chi connectivity index (χ2n) is 10.6. The van der Waals surface area contributed by atoms with Crippen LogP contribution < -0.4 is 0 Å². The Kier molecular flexibility index (Phi) is 5.24. The van der Waals surface area contributed by atoms with E-state index in [2.05, 4.69) is 158 Å². The lowest BCUT2D eigenvalue weighted by atomic mass is 9.93. The molecule has 0 heterocycles. The van der Waals surface area contributed by atoms with E-state index in [1.54, 1.807) is 0 Å². The van der Waals surface area contributed by atoms with Gasteiger partial charge in [0.25, 0.3) is 0 Å². The highest BCUT2D eigenvalue weighted by Gasteiger charge is 2.09. The van der Waals surface area contributed by atoms with Gasteiger partial charge in [0.2, 0.25) is 0 Å². The van der Waals surface area contributed by atoms with Gasteiger partial charge in [0, 0.05) is 0 Å². The summed E-state index contributed by atoms with van der Waals surface area (Å²) in [5.74, 6) is 0. The van der Waals surface area contributed by atoms with Crippen molar-refractivity contribution in [3.63, 3.8) is 0 Å². The average molecular weight is 507 g/mol. The van der Waals surface area contributed by atoms with Gasteiger partial charge in [0.15, 0.2) is 0 Å². The van der Waals surface area contributed by atoms with E-state index in [1.807, 2.05) is 0 Å². The number of benzene rings is 8. The molecule has 8 aromatic rings. The van der Waals surface area contributed by atoms with E-state index < -0.39 is 0 Å². The summed E-state index contributed by atoms with van der Waals surface area (Å²) >= 11 is 0. The molecule has 186 valence electrons. The van der Waals surface area contributed by atoms with Crippen LogP contribution >= 0.6 is 0 Å². The van der Waals surface area contributed by atoms with Crippen molar-refractivity contribution in [2.75, 3.05) is 0 Å². The van der Waals surface area contributed by atoms with E-state index in [4.69, 9.17) is 0 Å². The molecule has 0 amide bonds. The summed E-state index contributed by atoms with van der Waals surface area (Å²) < 4.78 is 0. The van der Waals surface area contributed by atoms with Crippen molar-refractivity contribution in [3.8, 4) is 0 Å². The smallest absolute Gasteiger partial charge is 0.00264 e. The van der Waals surface area contributed by atoms with Gasteiger partial charge < -0.3 is 0 Å². The largest absolute Gasteiger partial charge is 0.0623 e. The summed E-state index contributed by atoms with van der Waals surface area (Å²) in [6, 6.07) is 40.1. The van der Waals surface area contributed by atoms with Gasteiger partial charge in [-0.25, -0.2) is 0 Å². The van der Waals surface area contributed by atoms with Crippen molar-refractivity contribution in [2.45, 2.75) is 0 Å². The maximum absolute atomic E-state index is 2.28. The Bertz CT molecular complexity index is 2010. The fourth-order valence-electron chi connectivity index (χ4n) is 6.34. The molecule has 0 unspecified atom stereocenters. The second kappa shape index (κ2) is 9.22. The molecule has 0 aliphatic heterocycles. The summed E-state index contributed by atoms with van der Waals surface area (Å²) in [4.78, 5) is 0. The Labute approximate surface area is 233 Å². The number of hydrogen-bond donors (Lipinski definition) is 0. The molecule has 0 heteroatoms. The van der Waals surface area contributed by atoms with Crippen LogP contribution in [0.15, 0.2) is 146 Å². The molecule has 0 fully saturated rings. The Morgan fingerprint density at radius 1 is 0.275 bits per heavy atom. The van der Waals surface area contributed by atoms with Crippen LogP contribution in [0.3, 0.4) is 0 Å². The van der Waals surface area contributed by atoms with Crippen molar-refractivity contribution in [3.05, 3.63) is 157 Å². The minimum atomic E-state index is 1.22. The number of allylic oxidation sites excluding steroid dienone is 6. The molecular weight excluding hydrogens is 480 g/mol. The van der Waals surface area contributed by atoms with E-state index in [9.17, 15) is 0 Å². The Morgan fingerprint density at radius 2 is 0.550 bits per heavy atom. The van der Waals surface area contributed by atoms with E-state index in [1.165, 1.54) is 75.8 Å². The first-order valence-electron chi connectivity index (χ1n) is 13.9. The highest BCUT2D eigenvalue weighted by Crippen LogP contribution is 2.36. The summed E-state index contributed by atoms with van der Waals surface area (Å²) in [7, 11) is 0. The third-order valence-corrected chi connectivity index (χ3v) is 8.10. The molecule has 0 N–H and O–H groups in total. The molecule has 0 spiro atoms. The fraction of sp³-hybridized carbons (Fsp3) is 0. The first-order chi connectivity index (χ1) is 19.8. The van der Waals surface area contributed by atoms with Gasteiger partial charge in [0.05, 0.1) is 0 Å². The fourth-order valence-corrected chi connectivity index (χ4v) is 6.34. The Balaban J connectivity index is 0.996. The van der Waals surface area contributed by atoms with E-state index in [0.29, 0.717) is 0 Å². The van der Waals surface area contributed by atoms with Gasteiger partial charge >= 0.3 is 0 Å². The van der Waals surface area contributed by atoms with E-state index >= 15 is 0 Å². The van der Waals surface area contributed by atoms with Gasteiger partial charge in [-0.05, 0) is 100 Å². The molecule has 0 radical (unpaired) electrons. The van der Waals surface area contributed by atoms with Gasteiger partial charge in [-0.15, -0.1) is 0 Å². The molecule has 0 nitrogen and oxygen atoms in total. The first-order valence-corrected chi connectivity index (χ1v) is 13.9. The van der Waals surface area contributed by atoms with Crippen molar-refractivity contribution in [1.29, 1.82) is 0 Å². The third-order valence-electron chi connectivity index (χ3n) is 8.10. The maximum Gasteiger partial charge on any atom is -0.00264 e. The Morgan fingerprint density at radius 3 is 0.900 bits per heavy atom. The highest BCUT2D eigenvalue weighted by molar-refractivity contribution is 6.24. The normalized spacial score (nSPS) is 13.1. The Hall–Kier alpha value is -5.20. The zero-order valence-electron chi connectivity index (χ0n) is 22.0. The molecule has 0 bridgehead atoms. The second-order valence-corrected chi connectivity index (χ2v) is 10.6. The number of hydrogen-bond acceptors (Lipinski definition) is 0. The van der Waals surface area contributed by atoms with Gasteiger partial charge in [-0.2, -0.15) is 0 Å². The monoisotopic (exact) mass is 506 g/mol. The van der Waals surface area contributed by atoms with Crippen LogP contribution in [0.25, 0.3) is 76.8 Å². The minimum absolute atomic E-state index is 1.22. The lowest BCUT2D eigenvalue weighted by molar-refractivity contribution is 1.74. The van der Waals surface area contributed by atoms with Gasteiger partial charge in [-0.1, -0.05) is 134 Å². The van der Waals surface area contributed by atoms with Crippen LogP contribution in [0.5, 0.6) is 0 Å². The SMILES string of the molecule is C(C=CC=Cc1cc2ccc3cccc4ccc(c1)c2c34)=CC=Cc1cc2ccc3cccc4ccc(c1)c2c34. The molecule has 40 heavy (non-hydrogen) atoms. The zero-order valence-corrected chi connectivity index (χ0v) is 22.0. The molecule has 0 atom stereocenters. The highest BCUT2D eigenvalue weighted by atomic mass is 14.1. The summed E-state index contributed by atoms with van der Waals surface area (Å²) in [5.41, 5.74) is 2.43. The minimum Gasteiger partial charge on any atom is -0.0623 e. The van der Waals surface area contributed by atoms with Crippen LogP contribution in [0.1, 0.15) is 11.1 Å². The first kappa shape index (κ1) is 22.8. The van der Waals surface area contributed by atoms with Crippen molar-refractivity contribution in [1.82, 2.24) is 0 Å². The van der Waals surface area contributed by atoms with Crippen LogP contribution in [0.4, 0.5) is 0 Å². The van der Waals surface area contributed by atoms with Crippen molar-refractivity contribution >= 4 is 76.8 Å². The van der Waals surface area contributed by atoms with Crippen LogP contribution in [-0.4, -0.2) is 0 Å². The predicted octanol–water partition coefficient (Wildman–Crippen LogP) is 11.3. The molecule has 8 rings (SSSR count). The third kappa shape index (κ3) is 3.77. The summed E-state index contributed by atoms with van der Waals surface area (Å²) in [6.45, 7) is 0. The quantitative estimate of drug-likeness (QED) is 0.161. The molecule has 0 aromatic heterocycles. The van der Waals surface area contributed by atoms with Gasteiger partial charge in [-0.3, -0.25) is 0 Å². The predicted molar refractivity (Wildman–Crippen MR) is 177 cm³/mol. The lowest BCUT2D eigenvalue weighted by Crippen LogP contribution is -1.84. The standard InChI is InChI=1S/C40H26/c1(3-5-9-27-23-33-19-15-29-11-7-12-30-16-20-34(24-27)39(33)37(29)30)2-4-6-10-28-25-35-21-17-31-13-8-14-32-18-22-36(26-28)40(35)38(31)32/h1-26H. The van der Waals surface area contributed by atoms with Crippen LogP contribution in [0, 0.1) is 0 Å². The molecule has 0 aliphatic rings.